The first-order valence-electron chi connectivity index (χ1n) is 6.61. The largest absolute Gasteiger partial charge is 0.450 e. The minimum atomic E-state index is -0.271. The molecule has 0 aromatic rings. The standard InChI is InChI=1S/C12H21N3O3/c1-2-18-12(17)15-5-3-14(4-6-15)11(16)7-10-8-13-9-10/h10,13H,2-9H2,1H3. The smallest absolute Gasteiger partial charge is 0.409 e. The number of hydrogen-bond donors (Lipinski definition) is 1. The average molecular weight is 255 g/mol. The van der Waals surface area contributed by atoms with Gasteiger partial charge in [-0.2, -0.15) is 0 Å². The Bertz CT molecular complexity index is 310. The van der Waals surface area contributed by atoms with Gasteiger partial charge in [-0.15, -0.1) is 0 Å². The molecule has 0 aliphatic carbocycles. The lowest BCUT2D eigenvalue weighted by molar-refractivity contribution is -0.134. The first-order chi connectivity index (χ1) is 8.70. The Morgan fingerprint density at radius 2 is 1.78 bits per heavy atom. The summed E-state index contributed by atoms with van der Waals surface area (Å²) in [6.45, 7) is 6.50. The molecule has 0 aromatic carbocycles. The van der Waals surface area contributed by atoms with E-state index in [1.807, 2.05) is 4.90 Å². The van der Waals surface area contributed by atoms with Crippen LogP contribution in [0, 0.1) is 5.92 Å². The number of nitrogens with one attached hydrogen (secondary N) is 1. The van der Waals surface area contributed by atoms with E-state index in [1.54, 1.807) is 11.8 Å². The summed E-state index contributed by atoms with van der Waals surface area (Å²) < 4.78 is 4.94. The molecule has 0 bridgehead atoms. The van der Waals surface area contributed by atoms with Crippen LogP contribution in [0.15, 0.2) is 0 Å². The SMILES string of the molecule is CCOC(=O)N1CCN(C(=O)CC2CNC2)CC1. The van der Waals surface area contributed by atoms with Crippen LogP contribution in [0.3, 0.4) is 0 Å². The van der Waals surface area contributed by atoms with Crippen LogP contribution in [0.5, 0.6) is 0 Å². The van der Waals surface area contributed by atoms with Crippen LogP contribution in [0.25, 0.3) is 0 Å². The zero-order valence-electron chi connectivity index (χ0n) is 10.9. The van der Waals surface area contributed by atoms with Gasteiger partial charge in [0.2, 0.25) is 5.91 Å². The third-order valence-electron chi connectivity index (χ3n) is 3.49. The molecule has 2 amide bonds. The highest BCUT2D eigenvalue weighted by atomic mass is 16.6. The summed E-state index contributed by atoms with van der Waals surface area (Å²) in [5.74, 6) is 0.714. The average Bonchev–Trinajstić information content (AvgIpc) is 2.34. The van der Waals surface area contributed by atoms with Crippen LogP contribution < -0.4 is 5.32 Å². The van der Waals surface area contributed by atoms with Crippen molar-refractivity contribution >= 4 is 12.0 Å². The van der Waals surface area contributed by atoms with Gasteiger partial charge in [0.1, 0.15) is 0 Å². The molecule has 2 aliphatic heterocycles. The lowest BCUT2D eigenvalue weighted by Crippen LogP contribution is -2.52. The van der Waals surface area contributed by atoms with Crippen molar-refractivity contribution in [3.63, 3.8) is 0 Å². The van der Waals surface area contributed by atoms with E-state index in [4.69, 9.17) is 4.74 Å². The number of carbonyl (C=O) groups is 2. The summed E-state index contributed by atoms with van der Waals surface area (Å²) >= 11 is 0. The summed E-state index contributed by atoms with van der Waals surface area (Å²) in [6.07, 6.45) is 0.361. The van der Waals surface area contributed by atoms with Gasteiger partial charge in [0.25, 0.3) is 0 Å². The number of hydrogen-bond acceptors (Lipinski definition) is 4. The van der Waals surface area contributed by atoms with Crippen LogP contribution >= 0.6 is 0 Å². The monoisotopic (exact) mass is 255 g/mol. The Labute approximate surface area is 107 Å². The summed E-state index contributed by atoms with van der Waals surface area (Å²) in [5, 5.41) is 3.17. The van der Waals surface area contributed by atoms with Crippen molar-refractivity contribution in [3.05, 3.63) is 0 Å². The molecular formula is C12H21N3O3. The number of carbonyl (C=O) groups excluding carboxylic acids is 2. The Morgan fingerprint density at radius 1 is 1.17 bits per heavy atom. The quantitative estimate of drug-likeness (QED) is 0.765. The summed E-state index contributed by atoms with van der Waals surface area (Å²) in [5.41, 5.74) is 0. The topological polar surface area (TPSA) is 61.9 Å². The van der Waals surface area contributed by atoms with Crippen LogP contribution in [0.4, 0.5) is 4.79 Å². The molecule has 0 atom stereocenters. The van der Waals surface area contributed by atoms with Gasteiger partial charge in [0.15, 0.2) is 0 Å². The Balaban J connectivity index is 1.71. The maximum absolute atomic E-state index is 12.0. The van der Waals surface area contributed by atoms with E-state index in [0.717, 1.165) is 13.1 Å². The van der Waals surface area contributed by atoms with Gasteiger partial charge in [-0.1, -0.05) is 0 Å². The number of ether oxygens (including phenoxy) is 1. The van der Waals surface area contributed by atoms with Crippen molar-refractivity contribution in [1.29, 1.82) is 0 Å². The van der Waals surface area contributed by atoms with Gasteiger partial charge >= 0.3 is 6.09 Å². The van der Waals surface area contributed by atoms with Gasteiger partial charge < -0.3 is 19.9 Å². The van der Waals surface area contributed by atoms with Crippen molar-refractivity contribution in [1.82, 2.24) is 15.1 Å². The van der Waals surface area contributed by atoms with Crippen molar-refractivity contribution in [3.8, 4) is 0 Å². The zero-order chi connectivity index (χ0) is 13.0. The molecule has 18 heavy (non-hydrogen) atoms. The molecule has 102 valence electrons. The van der Waals surface area contributed by atoms with E-state index in [1.165, 1.54) is 0 Å². The van der Waals surface area contributed by atoms with Crippen LogP contribution in [0.2, 0.25) is 0 Å². The minimum Gasteiger partial charge on any atom is -0.450 e. The maximum Gasteiger partial charge on any atom is 0.409 e. The molecule has 2 rings (SSSR count). The fourth-order valence-electron chi connectivity index (χ4n) is 2.22. The predicted molar refractivity (Wildman–Crippen MR) is 66.2 cm³/mol. The molecular weight excluding hydrogens is 234 g/mol. The second kappa shape index (κ2) is 6.04. The second-order valence-corrected chi connectivity index (χ2v) is 4.80. The first-order valence-corrected chi connectivity index (χ1v) is 6.61. The van der Waals surface area contributed by atoms with Gasteiger partial charge in [-0.25, -0.2) is 4.79 Å². The maximum atomic E-state index is 12.0. The number of rotatable bonds is 3. The molecule has 2 aliphatic rings. The van der Waals surface area contributed by atoms with Crippen molar-refractivity contribution in [2.75, 3.05) is 45.9 Å². The second-order valence-electron chi connectivity index (χ2n) is 4.80. The Hall–Kier alpha value is -1.30. The van der Waals surface area contributed by atoms with Gasteiger partial charge in [0.05, 0.1) is 6.61 Å². The van der Waals surface area contributed by atoms with E-state index in [2.05, 4.69) is 5.32 Å². The Kier molecular flexibility index (Phi) is 4.41. The zero-order valence-corrected chi connectivity index (χ0v) is 10.9. The van der Waals surface area contributed by atoms with Crippen molar-refractivity contribution in [2.24, 2.45) is 5.92 Å². The van der Waals surface area contributed by atoms with E-state index in [9.17, 15) is 9.59 Å². The molecule has 0 saturated carbocycles. The molecule has 6 nitrogen and oxygen atoms in total. The summed E-state index contributed by atoms with van der Waals surface area (Å²) in [7, 11) is 0. The number of piperazine rings is 1. The molecule has 0 aromatic heterocycles. The lowest BCUT2D eigenvalue weighted by Gasteiger charge is -2.35. The summed E-state index contributed by atoms with van der Waals surface area (Å²) in [6, 6.07) is 0. The molecule has 0 radical (unpaired) electrons. The highest BCUT2D eigenvalue weighted by molar-refractivity contribution is 5.77. The normalized spacial score (nSPS) is 20.5. The van der Waals surface area contributed by atoms with E-state index >= 15 is 0 Å². The number of nitrogens with zero attached hydrogens (tertiary/aromatic N) is 2. The fourth-order valence-corrected chi connectivity index (χ4v) is 2.22. The highest BCUT2D eigenvalue weighted by Crippen LogP contribution is 2.12. The van der Waals surface area contributed by atoms with Crippen molar-refractivity contribution < 1.29 is 14.3 Å². The first kappa shape index (κ1) is 13.1. The Morgan fingerprint density at radius 3 is 2.28 bits per heavy atom. The van der Waals surface area contributed by atoms with Gasteiger partial charge in [0, 0.05) is 32.6 Å². The highest BCUT2D eigenvalue weighted by Gasteiger charge is 2.27. The van der Waals surface area contributed by atoms with Crippen LogP contribution in [-0.4, -0.2) is 67.7 Å². The van der Waals surface area contributed by atoms with Gasteiger partial charge in [-0.3, -0.25) is 4.79 Å². The van der Waals surface area contributed by atoms with Crippen molar-refractivity contribution in [2.45, 2.75) is 13.3 Å². The molecule has 6 heteroatoms. The molecule has 2 fully saturated rings. The summed E-state index contributed by atoms with van der Waals surface area (Å²) in [4.78, 5) is 27.0. The van der Waals surface area contributed by atoms with E-state index < -0.39 is 0 Å². The molecule has 2 heterocycles. The molecule has 0 unspecified atom stereocenters. The van der Waals surface area contributed by atoms with E-state index in [-0.39, 0.29) is 12.0 Å². The lowest BCUT2D eigenvalue weighted by atomic mass is 9.98. The van der Waals surface area contributed by atoms with Crippen LogP contribution in [0.1, 0.15) is 13.3 Å². The fraction of sp³-hybridized carbons (Fsp3) is 0.833. The molecule has 2 saturated heterocycles. The molecule has 1 N–H and O–H groups in total. The number of amides is 2. The minimum absolute atomic E-state index is 0.213. The molecule has 0 spiro atoms. The van der Waals surface area contributed by atoms with Crippen LogP contribution in [-0.2, 0) is 9.53 Å². The third-order valence-corrected chi connectivity index (χ3v) is 3.49. The third kappa shape index (κ3) is 3.13. The van der Waals surface area contributed by atoms with E-state index in [0.29, 0.717) is 45.1 Å². The van der Waals surface area contributed by atoms with Gasteiger partial charge in [-0.05, 0) is 25.9 Å². The predicted octanol–water partition coefficient (Wildman–Crippen LogP) is -0.103.